The van der Waals surface area contributed by atoms with E-state index < -0.39 is 10.1 Å². The summed E-state index contributed by atoms with van der Waals surface area (Å²) in [7, 11) is -3.83. The summed E-state index contributed by atoms with van der Waals surface area (Å²) in [6, 6.07) is -0.132. The molecule has 3 N–H and O–H groups in total. The second kappa shape index (κ2) is 4.79. The third-order valence-corrected chi connectivity index (χ3v) is 2.27. The molecule has 0 saturated carbocycles. The zero-order valence-electron chi connectivity index (χ0n) is 7.53. The predicted octanol–water partition coefficient (Wildman–Crippen LogP) is 0.638. The summed E-state index contributed by atoms with van der Waals surface area (Å²) in [6.45, 7) is 4.04. The molecular weight excluding hydrogens is 178 g/mol. The van der Waals surface area contributed by atoms with Crippen LogP contribution in [0.5, 0.6) is 0 Å². The van der Waals surface area contributed by atoms with Crippen molar-refractivity contribution >= 4 is 10.1 Å². The lowest BCUT2D eigenvalue weighted by molar-refractivity contribution is 0.458. The topological polar surface area (TPSA) is 80.4 Å². The molecule has 74 valence electrons. The van der Waals surface area contributed by atoms with Gasteiger partial charge in [0.1, 0.15) is 0 Å². The zero-order valence-corrected chi connectivity index (χ0v) is 8.34. The van der Waals surface area contributed by atoms with Crippen LogP contribution >= 0.6 is 0 Å². The van der Waals surface area contributed by atoms with Crippen LogP contribution in [0.2, 0.25) is 0 Å². The second-order valence-electron chi connectivity index (χ2n) is 3.46. The first-order valence-electron chi connectivity index (χ1n) is 4.02. The summed E-state index contributed by atoms with van der Waals surface area (Å²) in [6.07, 6.45) is 1.12. The van der Waals surface area contributed by atoms with E-state index in [1.807, 2.05) is 13.8 Å². The molecule has 0 spiro atoms. The summed E-state index contributed by atoms with van der Waals surface area (Å²) in [4.78, 5) is 0. The molecule has 0 aromatic heterocycles. The van der Waals surface area contributed by atoms with Gasteiger partial charge in [0.15, 0.2) is 0 Å². The molecule has 4 nitrogen and oxygen atoms in total. The first-order valence-corrected chi connectivity index (χ1v) is 5.63. The molecule has 0 amide bonds. The minimum atomic E-state index is -3.83. The minimum absolute atomic E-state index is 0.132. The molecule has 0 aromatic rings. The molecule has 0 aromatic carbocycles. The summed E-state index contributed by atoms with van der Waals surface area (Å²) in [5, 5.41) is 0. The van der Waals surface area contributed by atoms with E-state index in [-0.39, 0.29) is 11.8 Å². The molecule has 5 heteroatoms. The molecule has 0 bridgehead atoms. The van der Waals surface area contributed by atoms with E-state index >= 15 is 0 Å². The number of hydrogen-bond donors (Lipinski definition) is 2. The molecule has 0 rings (SSSR count). The third-order valence-electron chi connectivity index (χ3n) is 1.52. The largest absolute Gasteiger partial charge is 0.328 e. The highest BCUT2D eigenvalue weighted by molar-refractivity contribution is 7.85. The van der Waals surface area contributed by atoms with Crippen LogP contribution in [-0.4, -0.2) is 24.8 Å². The molecule has 0 radical (unpaired) electrons. The van der Waals surface area contributed by atoms with Crippen molar-refractivity contribution in [2.75, 3.05) is 5.75 Å². The Hall–Kier alpha value is -0.130. The zero-order chi connectivity index (χ0) is 9.78. The van der Waals surface area contributed by atoms with E-state index in [2.05, 4.69) is 0 Å². The van der Waals surface area contributed by atoms with Crippen LogP contribution in [0.1, 0.15) is 26.7 Å². The van der Waals surface area contributed by atoms with Gasteiger partial charge in [-0.25, -0.2) is 0 Å². The maximum absolute atomic E-state index is 10.3. The lowest BCUT2D eigenvalue weighted by atomic mass is 10.0. The maximum Gasteiger partial charge on any atom is 0.264 e. The number of hydrogen-bond acceptors (Lipinski definition) is 3. The number of nitrogens with two attached hydrogens (primary N) is 1. The number of rotatable bonds is 5. The average Bonchev–Trinajstić information content (AvgIpc) is 1.80. The quantitative estimate of drug-likeness (QED) is 0.631. The molecule has 1 atom stereocenters. The standard InChI is InChI=1S/C7H17NO3S/c1-6(2)5-7(8)3-4-12(9,10)11/h6-7H,3-5,8H2,1-2H3,(H,9,10,11)/t7-/m1/s1. The van der Waals surface area contributed by atoms with E-state index in [4.69, 9.17) is 10.3 Å². The summed E-state index contributed by atoms with van der Waals surface area (Å²) >= 11 is 0. The molecule has 0 aliphatic heterocycles. The fourth-order valence-electron chi connectivity index (χ4n) is 1.02. The van der Waals surface area contributed by atoms with E-state index in [9.17, 15) is 8.42 Å². The van der Waals surface area contributed by atoms with Gasteiger partial charge in [0.2, 0.25) is 0 Å². The summed E-state index contributed by atoms with van der Waals surface area (Å²) in [5.41, 5.74) is 5.61. The van der Waals surface area contributed by atoms with Crippen LogP contribution in [0.15, 0.2) is 0 Å². The van der Waals surface area contributed by atoms with E-state index in [0.717, 1.165) is 6.42 Å². The Bertz CT molecular complexity index is 211. The Morgan fingerprint density at radius 2 is 1.92 bits per heavy atom. The minimum Gasteiger partial charge on any atom is -0.328 e. The molecule has 0 aliphatic carbocycles. The van der Waals surface area contributed by atoms with Crippen LogP contribution in [0.25, 0.3) is 0 Å². The molecular formula is C7H17NO3S. The average molecular weight is 195 g/mol. The first kappa shape index (κ1) is 11.9. The third kappa shape index (κ3) is 7.97. The van der Waals surface area contributed by atoms with Crippen LogP contribution in [0.3, 0.4) is 0 Å². The lowest BCUT2D eigenvalue weighted by Crippen LogP contribution is -2.25. The van der Waals surface area contributed by atoms with Gasteiger partial charge in [-0.1, -0.05) is 13.8 Å². The van der Waals surface area contributed by atoms with Gasteiger partial charge in [-0.15, -0.1) is 0 Å². The van der Waals surface area contributed by atoms with Crippen molar-refractivity contribution in [3.63, 3.8) is 0 Å². The highest BCUT2D eigenvalue weighted by atomic mass is 32.2. The van der Waals surface area contributed by atoms with Crippen molar-refractivity contribution in [2.45, 2.75) is 32.7 Å². The Balaban J connectivity index is 3.65. The smallest absolute Gasteiger partial charge is 0.264 e. The Morgan fingerprint density at radius 1 is 1.42 bits per heavy atom. The highest BCUT2D eigenvalue weighted by Gasteiger charge is 2.10. The molecule has 12 heavy (non-hydrogen) atoms. The SMILES string of the molecule is CC(C)C[C@H](N)CCS(=O)(=O)O. The Morgan fingerprint density at radius 3 is 2.25 bits per heavy atom. The van der Waals surface area contributed by atoms with Crippen molar-refractivity contribution in [3.8, 4) is 0 Å². The van der Waals surface area contributed by atoms with Crippen molar-refractivity contribution in [2.24, 2.45) is 11.7 Å². The monoisotopic (exact) mass is 195 g/mol. The van der Waals surface area contributed by atoms with Crippen molar-refractivity contribution in [3.05, 3.63) is 0 Å². The lowest BCUT2D eigenvalue weighted by Gasteiger charge is -2.12. The summed E-state index contributed by atoms with van der Waals surface area (Å²) in [5.74, 6) is 0.224. The van der Waals surface area contributed by atoms with Gasteiger partial charge in [0.05, 0.1) is 5.75 Å². The van der Waals surface area contributed by atoms with Crippen molar-refractivity contribution in [1.82, 2.24) is 0 Å². The van der Waals surface area contributed by atoms with Crippen LogP contribution in [0, 0.1) is 5.92 Å². The highest BCUT2D eigenvalue weighted by Crippen LogP contribution is 2.06. The second-order valence-corrected chi connectivity index (χ2v) is 5.04. The molecule has 0 aliphatic rings. The Kier molecular flexibility index (Phi) is 4.74. The van der Waals surface area contributed by atoms with Crippen LogP contribution in [0.4, 0.5) is 0 Å². The van der Waals surface area contributed by atoms with E-state index in [0.29, 0.717) is 12.3 Å². The van der Waals surface area contributed by atoms with Crippen molar-refractivity contribution in [1.29, 1.82) is 0 Å². The van der Waals surface area contributed by atoms with Gasteiger partial charge >= 0.3 is 0 Å². The van der Waals surface area contributed by atoms with Gasteiger partial charge in [-0.05, 0) is 18.8 Å². The fourth-order valence-corrected chi connectivity index (χ4v) is 1.62. The van der Waals surface area contributed by atoms with E-state index in [1.54, 1.807) is 0 Å². The first-order chi connectivity index (χ1) is 5.31. The molecule has 0 unspecified atom stereocenters. The normalized spacial score (nSPS) is 15.1. The maximum atomic E-state index is 10.3. The van der Waals surface area contributed by atoms with Gasteiger partial charge in [-0.3, -0.25) is 4.55 Å². The van der Waals surface area contributed by atoms with Crippen LogP contribution in [-0.2, 0) is 10.1 Å². The van der Waals surface area contributed by atoms with E-state index in [1.165, 1.54) is 0 Å². The van der Waals surface area contributed by atoms with Gasteiger partial charge in [0, 0.05) is 6.04 Å². The fraction of sp³-hybridized carbons (Fsp3) is 1.00. The predicted molar refractivity (Wildman–Crippen MR) is 48.5 cm³/mol. The summed E-state index contributed by atoms with van der Waals surface area (Å²) < 4.78 is 29.1. The van der Waals surface area contributed by atoms with Gasteiger partial charge in [0.25, 0.3) is 10.1 Å². The molecule has 0 heterocycles. The van der Waals surface area contributed by atoms with Gasteiger partial charge < -0.3 is 5.73 Å². The van der Waals surface area contributed by atoms with Gasteiger partial charge in [-0.2, -0.15) is 8.42 Å². The van der Waals surface area contributed by atoms with Crippen LogP contribution < -0.4 is 5.73 Å². The molecule has 0 saturated heterocycles. The molecule has 0 fully saturated rings. The van der Waals surface area contributed by atoms with Crippen molar-refractivity contribution < 1.29 is 13.0 Å². The Labute approximate surface area is 73.9 Å².